The van der Waals surface area contributed by atoms with Crippen molar-refractivity contribution in [3.63, 3.8) is 0 Å². The predicted octanol–water partition coefficient (Wildman–Crippen LogP) is 9.60. The third kappa shape index (κ3) is 9.34. The fourth-order valence-electron chi connectivity index (χ4n) is 7.43. The van der Waals surface area contributed by atoms with Crippen LogP contribution in [0.25, 0.3) is 21.8 Å². The number of rotatable bonds is 10. The second-order valence-electron chi connectivity index (χ2n) is 15.8. The Bertz CT molecular complexity index is 2530. The minimum atomic E-state index is -4.97. The van der Waals surface area contributed by atoms with Crippen molar-refractivity contribution in [1.82, 2.24) is 9.13 Å². The second-order valence-corrected chi connectivity index (χ2v) is 15.8. The van der Waals surface area contributed by atoms with Crippen LogP contribution < -0.4 is 10.9 Å². The van der Waals surface area contributed by atoms with Crippen LogP contribution in [0.1, 0.15) is 51.7 Å². The van der Waals surface area contributed by atoms with E-state index in [9.17, 15) is 54.9 Å². The number of aromatic nitrogens is 2. The summed E-state index contributed by atoms with van der Waals surface area (Å²) < 4.78 is 114. The van der Waals surface area contributed by atoms with Crippen LogP contribution in [0.2, 0.25) is 0 Å². The minimum Gasteiger partial charge on any atom is -0.379 e. The smallest absolute Gasteiger partial charge is 0.379 e. The summed E-state index contributed by atoms with van der Waals surface area (Å²) in [5.74, 6) is -1.19. The molecule has 2 atom stereocenters. The number of hydrogen-bond donors (Lipinski definition) is 2. The number of hydrogen-bond acceptors (Lipinski definition) is 4. The molecule has 6 rings (SSSR count). The lowest BCUT2D eigenvalue weighted by Crippen LogP contribution is -2.52. The molecule has 0 aliphatic rings. The molecule has 6 aromatic rings. The molecule has 0 amide bonds. The molecular weight excluding hydrogens is 772 g/mol. The van der Waals surface area contributed by atoms with Crippen LogP contribution in [0.5, 0.6) is 0 Å². The zero-order valence-electron chi connectivity index (χ0n) is 32.0. The van der Waals surface area contributed by atoms with E-state index in [1.807, 2.05) is 0 Å². The fourth-order valence-corrected chi connectivity index (χ4v) is 7.43. The molecule has 14 heteroatoms. The van der Waals surface area contributed by atoms with Gasteiger partial charge in [-0.25, -0.2) is 8.78 Å². The number of aliphatic hydroxyl groups is 2. The SMILES string of the molecule is CC(C)(CC(O)(Cn1ccc(=O)c2ccccc21)C(F)(F)F)c1cccc(F)c1.CC(C)(CC(O)(Cn1ccc(=O)c2ccccc21)C(F)(F)F)c1ccccc1F. The highest BCUT2D eigenvalue weighted by atomic mass is 19.4. The zero-order chi connectivity index (χ0) is 42.9. The average molecular weight is 815 g/mol. The number of fused-ring (bicyclic) bond motifs is 2. The Morgan fingerprint density at radius 3 is 1.41 bits per heavy atom. The summed E-state index contributed by atoms with van der Waals surface area (Å²) in [6, 6.07) is 25.8. The first-order chi connectivity index (χ1) is 26.9. The van der Waals surface area contributed by atoms with E-state index in [4.69, 9.17) is 0 Å². The molecule has 58 heavy (non-hydrogen) atoms. The van der Waals surface area contributed by atoms with E-state index in [2.05, 4.69) is 0 Å². The lowest BCUT2D eigenvalue weighted by molar-refractivity contribution is -0.271. The van der Waals surface area contributed by atoms with Crippen molar-refractivity contribution in [3.05, 3.63) is 165 Å². The van der Waals surface area contributed by atoms with Crippen LogP contribution >= 0.6 is 0 Å². The van der Waals surface area contributed by atoms with Crippen LogP contribution in [0.15, 0.2) is 131 Å². The van der Waals surface area contributed by atoms with E-state index in [1.54, 1.807) is 30.3 Å². The Morgan fingerprint density at radius 1 is 0.534 bits per heavy atom. The van der Waals surface area contributed by atoms with Crippen molar-refractivity contribution in [2.75, 3.05) is 0 Å². The summed E-state index contributed by atoms with van der Waals surface area (Å²) in [7, 11) is 0. The molecular formula is C44H42F8N2O4. The Hall–Kier alpha value is -5.34. The van der Waals surface area contributed by atoms with Gasteiger partial charge in [-0.15, -0.1) is 0 Å². The quantitative estimate of drug-likeness (QED) is 0.135. The molecule has 4 aromatic carbocycles. The number of nitrogens with zero attached hydrogens (tertiary/aromatic N) is 2. The first-order valence-corrected chi connectivity index (χ1v) is 18.1. The molecule has 0 radical (unpaired) electrons. The monoisotopic (exact) mass is 814 g/mol. The number of benzene rings is 4. The summed E-state index contributed by atoms with van der Waals surface area (Å²) in [4.78, 5) is 24.0. The van der Waals surface area contributed by atoms with Gasteiger partial charge in [0.1, 0.15) is 11.6 Å². The zero-order valence-corrected chi connectivity index (χ0v) is 32.0. The van der Waals surface area contributed by atoms with E-state index < -0.39 is 72.0 Å². The molecule has 0 fully saturated rings. The molecule has 0 aliphatic carbocycles. The molecule has 0 bridgehead atoms. The van der Waals surface area contributed by atoms with Gasteiger partial charge in [0.25, 0.3) is 0 Å². The van der Waals surface area contributed by atoms with E-state index in [0.717, 1.165) is 0 Å². The van der Waals surface area contributed by atoms with Crippen LogP contribution in [-0.2, 0) is 23.9 Å². The van der Waals surface area contributed by atoms with Gasteiger partial charge in [-0.2, -0.15) is 26.3 Å². The lowest BCUT2D eigenvalue weighted by atomic mass is 9.74. The van der Waals surface area contributed by atoms with Crippen LogP contribution in [0.3, 0.4) is 0 Å². The third-order valence-corrected chi connectivity index (χ3v) is 10.4. The van der Waals surface area contributed by atoms with Crippen molar-refractivity contribution in [3.8, 4) is 0 Å². The first kappa shape index (κ1) is 43.8. The van der Waals surface area contributed by atoms with E-state index >= 15 is 0 Å². The van der Waals surface area contributed by atoms with E-state index in [0.29, 0.717) is 11.1 Å². The van der Waals surface area contributed by atoms with Crippen LogP contribution in [0.4, 0.5) is 35.1 Å². The van der Waals surface area contributed by atoms with Crippen molar-refractivity contribution in [2.45, 2.75) is 88.0 Å². The Balaban J connectivity index is 0.000000221. The predicted molar refractivity (Wildman–Crippen MR) is 207 cm³/mol. The van der Waals surface area contributed by atoms with Gasteiger partial charge >= 0.3 is 12.4 Å². The van der Waals surface area contributed by atoms with Crippen LogP contribution in [0, 0.1) is 11.6 Å². The van der Waals surface area contributed by atoms with Gasteiger partial charge in [-0.1, -0.05) is 82.3 Å². The summed E-state index contributed by atoms with van der Waals surface area (Å²) in [6.07, 6.45) is -8.88. The van der Waals surface area contributed by atoms with Crippen LogP contribution in [-0.4, -0.2) is 42.9 Å². The molecule has 0 aliphatic heterocycles. The first-order valence-electron chi connectivity index (χ1n) is 18.1. The molecule has 0 saturated heterocycles. The lowest BCUT2D eigenvalue weighted by Gasteiger charge is -2.38. The second kappa shape index (κ2) is 16.1. The maximum absolute atomic E-state index is 14.2. The highest BCUT2D eigenvalue weighted by Gasteiger charge is 2.57. The largest absolute Gasteiger partial charge is 0.418 e. The Labute approximate surface area is 328 Å². The van der Waals surface area contributed by atoms with Gasteiger partial charge in [-0.3, -0.25) is 9.59 Å². The molecule has 2 N–H and O–H groups in total. The average Bonchev–Trinajstić information content (AvgIpc) is 3.13. The highest BCUT2D eigenvalue weighted by Crippen LogP contribution is 2.44. The minimum absolute atomic E-state index is 0.0902. The maximum atomic E-state index is 14.2. The summed E-state index contributed by atoms with van der Waals surface area (Å²) in [5, 5.41) is 22.1. The third-order valence-electron chi connectivity index (χ3n) is 10.4. The van der Waals surface area contributed by atoms with Gasteiger partial charge < -0.3 is 19.3 Å². The molecule has 6 nitrogen and oxygen atoms in total. The van der Waals surface area contributed by atoms with Gasteiger partial charge in [-0.05, 0) is 77.3 Å². The maximum Gasteiger partial charge on any atom is 0.418 e. The van der Waals surface area contributed by atoms with Crippen molar-refractivity contribution in [1.29, 1.82) is 0 Å². The van der Waals surface area contributed by atoms with Crippen molar-refractivity contribution < 1.29 is 45.3 Å². The molecule has 0 spiro atoms. The number of para-hydroxylation sites is 2. The topological polar surface area (TPSA) is 84.5 Å². The normalized spacial score (nSPS) is 14.7. The van der Waals surface area contributed by atoms with Gasteiger partial charge in [0, 0.05) is 35.3 Å². The molecule has 2 heterocycles. The summed E-state index contributed by atoms with van der Waals surface area (Å²) >= 11 is 0. The summed E-state index contributed by atoms with van der Waals surface area (Å²) in [6.45, 7) is 4.37. The highest BCUT2D eigenvalue weighted by molar-refractivity contribution is 5.79. The van der Waals surface area contributed by atoms with Gasteiger partial charge in [0.15, 0.2) is 22.1 Å². The summed E-state index contributed by atoms with van der Waals surface area (Å²) in [5.41, 5.74) is -8.32. The van der Waals surface area contributed by atoms with Crippen molar-refractivity contribution >= 4 is 21.8 Å². The molecule has 0 saturated carbocycles. The standard InChI is InChI=1S/2C22H21F4NO2/c1-20(2,16-8-4-5-9-17(16)23)13-21(29,22(24,25)26)14-27-12-11-19(28)15-7-3-6-10-18(15)27;1-20(2,15-6-5-7-16(23)12-15)13-21(29,22(24,25)26)14-27-11-10-19(28)17-8-3-4-9-18(17)27/h2*3-12,29H,13-14H2,1-2H3. The van der Waals surface area contributed by atoms with E-state index in [-0.39, 0.29) is 32.7 Å². The molecule has 308 valence electrons. The Morgan fingerprint density at radius 2 is 0.966 bits per heavy atom. The Kier molecular flexibility index (Phi) is 12.2. The van der Waals surface area contributed by atoms with Crippen molar-refractivity contribution in [2.24, 2.45) is 0 Å². The number of pyridine rings is 2. The molecule has 2 unspecified atom stereocenters. The number of alkyl halides is 6. The van der Waals surface area contributed by atoms with E-state index in [1.165, 1.54) is 128 Å². The van der Waals surface area contributed by atoms with Gasteiger partial charge in [0.05, 0.1) is 24.1 Å². The fraction of sp³-hybridized carbons (Fsp3) is 0.318. The number of halogens is 8. The van der Waals surface area contributed by atoms with Gasteiger partial charge in [0.2, 0.25) is 0 Å². The molecule has 2 aromatic heterocycles.